The van der Waals surface area contributed by atoms with Gasteiger partial charge < -0.3 is 29.5 Å². The highest BCUT2D eigenvalue weighted by molar-refractivity contribution is 5.75. The number of aliphatic hydroxyl groups excluding tert-OH is 1. The molecule has 2 aliphatic rings. The number of benzene rings is 1. The molecular weight excluding hydrogens is 450 g/mol. The largest absolute Gasteiger partial charge is 0.573 e. The van der Waals surface area contributed by atoms with Crippen molar-refractivity contribution in [2.75, 3.05) is 24.6 Å². The number of hydrogen-bond donors (Lipinski definition) is 2. The molecule has 1 aliphatic carbocycles. The number of aliphatic hydroxyl groups is 1. The number of urea groups is 1. The predicted octanol–water partition coefficient (Wildman–Crippen LogP) is 2.67. The van der Waals surface area contributed by atoms with Gasteiger partial charge in [0.05, 0.1) is 6.04 Å². The SMILES string of the molecule is O=C(NCc1ccc(OC(F)(F)F)cc1F)N(C1CC1)[C@@H]1C[C@H](CO)CN(c2ncon2)C1. The summed E-state index contributed by atoms with van der Waals surface area (Å²) >= 11 is 0. The summed E-state index contributed by atoms with van der Waals surface area (Å²) in [4.78, 5) is 20.6. The van der Waals surface area contributed by atoms with Crippen molar-refractivity contribution in [2.45, 2.75) is 44.3 Å². The van der Waals surface area contributed by atoms with Crippen molar-refractivity contribution in [1.82, 2.24) is 20.4 Å². The average Bonchev–Trinajstić information content (AvgIpc) is 3.42. The number of carbonyl (C=O) groups excluding carboxylic acids is 1. The number of ether oxygens (including phenoxy) is 1. The number of amides is 2. The van der Waals surface area contributed by atoms with Crippen LogP contribution in [0.25, 0.3) is 0 Å². The molecule has 2 heterocycles. The smallest absolute Gasteiger partial charge is 0.406 e. The fraction of sp³-hybridized carbons (Fsp3) is 0.550. The van der Waals surface area contributed by atoms with E-state index in [-0.39, 0.29) is 36.7 Å². The molecule has 2 N–H and O–H groups in total. The molecule has 1 saturated carbocycles. The Labute approximate surface area is 186 Å². The molecule has 1 aromatic heterocycles. The maximum absolute atomic E-state index is 14.2. The first-order valence-electron chi connectivity index (χ1n) is 10.5. The van der Waals surface area contributed by atoms with Crippen molar-refractivity contribution in [1.29, 1.82) is 0 Å². The number of rotatable bonds is 7. The van der Waals surface area contributed by atoms with Gasteiger partial charge >= 0.3 is 12.4 Å². The molecule has 2 atom stereocenters. The molecular formula is C20H23F4N5O4. The fourth-order valence-electron chi connectivity index (χ4n) is 4.09. The molecule has 4 rings (SSSR count). The van der Waals surface area contributed by atoms with Gasteiger partial charge in [-0.05, 0) is 30.5 Å². The molecule has 1 saturated heterocycles. The van der Waals surface area contributed by atoms with E-state index in [0.717, 1.165) is 25.0 Å². The third kappa shape index (κ3) is 5.83. The van der Waals surface area contributed by atoms with E-state index >= 15 is 0 Å². The Bertz CT molecular complexity index is 954. The summed E-state index contributed by atoms with van der Waals surface area (Å²) in [6.45, 7) is 0.690. The van der Waals surface area contributed by atoms with Crippen LogP contribution in [0.2, 0.25) is 0 Å². The van der Waals surface area contributed by atoms with Gasteiger partial charge in [-0.25, -0.2) is 9.18 Å². The van der Waals surface area contributed by atoms with E-state index in [9.17, 15) is 27.5 Å². The number of anilines is 1. The van der Waals surface area contributed by atoms with Crippen LogP contribution < -0.4 is 15.0 Å². The van der Waals surface area contributed by atoms with Crippen molar-refractivity contribution in [2.24, 2.45) is 5.92 Å². The van der Waals surface area contributed by atoms with E-state index in [1.807, 2.05) is 4.90 Å². The number of alkyl halides is 3. The normalized spacial score (nSPS) is 21.1. The van der Waals surface area contributed by atoms with Crippen LogP contribution in [-0.2, 0) is 6.54 Å². The number of halogens is 4. The number of carbonyl (C=O) groups is 1. The quantitative estimate of drug-likeness (QED) is 0.596. The highest BCUT2D eigenvalue weighted by atomic mass is 19.4. The minimum Gasteiger partial charge on any atom is -0.406 e. The highest BCUT2D eigenvalue weighted by Crippen LogP contribution is 2.33. The second-order valence-corrected chi connectivity index (χ2v) is 8.17. The maximum Gasteiger partial charge on any atom is 0.573 e. The third-order valence-electron chi connectivity index (χ3n) is 5.66. The van der Waals surface area contributed by atoms with E-state index in [2.05, 4.69) is 20.2 Å². The van der Waals surface area contributed by atoms with Crippen LogP contribution >= 0.6 is 0 Å². The molecule has 33 heavy (non-hydrogen) atoms. The van der Waals surface area contributed by atoms with Gasteiger partial charge in [0.1, 0.15) is 11.6 Å². The van der Waals surface area contributed by atoms with E-state index in [4.69, 9.17) is 4.52 Å². The lowest BCUT2D eigenvalue weighted by atomic mass is 9.94. The van der Waals surface area contributed by atoms with E-state index in [1.54, 1.807) is 4.90 Å². The summed E-state index contributed by atoms with van der Waals surface area (Å²) in [6, 6.07) is 2.12. The van der Waals surface area contributed by atoms with Crippen LogP contribution in [-0.4, -0.2) is 64.3 Å². The molecule has 9 nitrogen and oxygen atoms in total. The van der Waals surface area contributed by atoms with Crippen LogP contribution in [0.15, 0.2) is 29.1 Å². The van der Waals surface area contributed by atoms with Crippen molar-refractivity contribution in [3.8, 4) is 5.75 Å². The molecule has 0 bridgehead atoms. The molecule has 0 unspecified atom stereocenters. The second-order valence-electron chi connectivity index (χ2n) is 8.17. The van der Waals surface area contributed by atoms with Crippen LogP contribution in [0.4, 0.5) is 28.3 Å². The van der Waals surface area contributed by atoms with Gasteiger partial charge in [0.25, 0.3) is 5.95 Å². The zero-order valence-electron chi connectivity index (χ0n) is 17.5. The summed E-state index contributed by atoms with van der Waals surface area (Å²) in [5.41, 5.74) is 0.0268. The van der Waals surface area contributed by atoms with Crippen molar-refractivity contribution in [3.05, 3.63) is 36.0 Å². The molecule has 0 radical (unpaired) electrons. The van der Waals surface area contributed by atoms with Crippen molar-refractivity contribution in [3.63, 3.8) is 0 Å². The van der Waals surface area contributed by atoms with Gasteiger partial charge in [-0.2, -0.15) is 4.98 Å². The Morgan fingerprint density at radius 3 is 2.70 bits per heavy atom. The summed E-state index contributed by atoms with van der Waals surface area (Å²) in [6.07, 6.45) is -1.49. The molecule has 2 aromatic rings. The lowest BCUT2D eigenvalue weighted by molar-refractivity contribution is -0.274. The van der Waals surface area contributed by atoms with Crippen LogP contribution in [0.3, 0.4) is 0 Å². The monoisotopic (exact) mass is 473 g/mol. The lowest BCUT2D eigenvalue weighted by Crippen LogP contribution is -2.56. The van der Waals surface area contributed by atoms with Gasteiger partial charge in [-0.1, -0.05) is 6.07 Å². The molecule has 180 valence electrons. The van der Waals surface area contributed by atoms with Gasteiger partial charge in [-0.15, -0.1) is 13.2 Å². The first kappa shape index (κ1) is 23.1. The third-order valence-corrected chi connectivity index (χ3v) is 5.66. The molecule has 2 fully saturated rings. The van der Waals surface area contributed by atoms with Crippen LogP contribution in [0.1, 0.15) is 24.8 Å². The minimum atomic E-state index is -4.92. The summed E-state index contributed by atoms with van der Waals surface area (Å²) < 4.78 is 59.7. The Morgan fingerprint density at radius 1 is 1.30 bits per heavy atom. The Balaban J connectivity index is 1.42. The van der Waals surface area contributed by atoms with Crippen molar-refractivity contribution >= 4 is 12.0 Å². The zero-order chi connectivity index (χ0) is 23.6. The Morgan fingerprint density at radius 2 is 2.09 bits per heavy atom. The number of hydrogen-bond acceptors (Lipinski definition) is 7. The average molecular weight is 473 g/mol. The van der Waals surface area contributed by atoms with Crippen LogP contribution in [0, 0.1) is 11.7 Å². The van der Waals surface area contributed by atoms with Crippen LogP contribution in [0.5, 0.6) is 5.75 Å². The topological polar surface area (TPSA) is 104 Å². The first-order chi connectivity index (χ1) is 15.7. The number of nitrogens with one attached hydrogen (secondary N) is 1. The fourth-order valence-corrected chi connectivity index (χ4v) is 4.09. The van der Waals surface area contributed by atoms with Gasteiger partial charge in [0.15, 0.2) is 0 Å². The Kier molecular flexibility index (Phi) is 6.58. The molecule has 1 aromatic carbocycles. The lowest BCUT2D eigenvalue weighted by Gasteiger charge is -2.42. The van der Waals surface area contributed by atoms with E-state index < -0.39 is 24.0 Å². The summed E-state index contributed by atoms with van der Waals surface area (Å²) in [5.74, 6) is -1.32. The maximum atomic E-state index is 14.2. The molecule has 13 heteroatoms. The predicted molar refractivity (Wildman–Crippen MR) is 106 cm³/mol. The minimum absolute atomic E-state index is 0.0203. The van der Waals surface area contributed by atoms with E-state index in [0.29, 0.717) is 31.5 Å². The Hall–Kier alpha value is -3.09. The molecule has 0 spiro atoms. The van der Waals surface area contributed by atoms with Gasteiger partial charge in [-0.3, -0.25) is 0 Å². The number of aromatic nitrogens is 2. The first-order valence-corrected chi connectivity index (χ1v) is 10.5. The van der Waals surface area contributed by atoms with Crippen molar-refractivity contribution < 1.29 is 36.7 Å². The number of piperidine rings is 1. The number of nitrogens with zero attached hydrogens (tertiary/aromatic N) is 4. The highest BCUT2D eigenvalue weighted by Gasteiger charge is 2.41. The second kappa shape index (κ2) is 9.41. The standard InChI is InChI=1S/C20H23F4N5O4/c21-17-6-16(33-20(22,23)24)4-1-13(17)7-25-19(31)29(14-2-3-14)15-5-12(10-30)8-28(9-15)18-26-11-32-27-18/h1,4,6,11-12,14-15,30H,2-3,5,7-10H2,(H,25,31)/t12-,15+/m0/s1. The summed E-state index contributed by atoms with van der Waals surface area (Å²) in [5, 5.41) is 16.2. The zero-order valence-corrected chi connectivity index (χ0v) is 17.5. The molecule has 1 aliphatic heterocycles. The summed E-state index contributed by atoms with van der Waals surface area (Å²) in [7, 11) is 0. The molecule has 2 amide bonds. The van der Waals surface area contributed by atoms with E-state index in [1.165, 1.54) is 6.39 Å². The van der Waals surface area contributed by atoms with Gasteiger partial charge in [0, 0.05) is 49.8 Å². The van der Waals surface area contributed by atoms with Gasteiger partial charge in [0.2, 0.25) is 6.39 Å².